The Labute approximate surface area is 129 Å². The van der Waals surface area contributed by atoms with Gasteiger partial charge in [-0.15, -0.1) is 0 Å². The van der Waals surface area contributed by atoms with Crippen LogP contribution in [0.4, 0.5) is 14.5 Å². The number of carbonyl (C=O) groups is 1. The van der Waals surface area contributed by atoms with Gasteiger partial charge in [0.05, 0.1) is 5.69 Å². The molecule has 0 saturated heterocycles. The summed E-state index contributed by atoms with van der Waals surface area (Å²) in [5.74, 6) is -1.79. The van der Waals surface area contributed by atoms with Crippen LogP contribution in [0.2, 0.25) is 0 Å². The summed E-state index contributed by atoms with van der Waals surface area (Å²) in [5, 5.41) is 10.4. The standard InChI is InChI=1S/C15H11F2N3OS/c1-9-6-13(15(21)18-11-4-5-22-8-11)19-20(9)14-3-2-10(16)7-12(14)17/h2-8H,1H3,(H,18,21). The molecule has 112 valence electrons. The third kappa shape index (κ3) is 2.75. The average Bonchev–Trinajstić information content (AvgIpc) is 3.09. The summed E-state index contributed by atoms with van der Waals surface area (Å²) in [6, 6.07) is 6.52. The monoisotopic (exact) mass is 319 g/mol. The first-order valence-electron chi connectivity index (χ1n) is 6.40. The number of carbonyl (C=O) groups excluding carboxylic acids is 1. The molecule has 1 amide bonds. The lowest BCUT2D eigenvalue weighted by Crippen LogP contribution is -2.12. The Morgan fingerprint density at radius 1 is 1.27 bits per heavy atom. The van der Waals surface area contributed by atoms with Gasteiger partial charge in [-0.25, -0.2) is 13.5 Å². The van der Waals surface area contributed by atoms with E-state index in [0.29, 0.717) is 11.4 Å². The number of halogens is 2. The van der Waals surface area contributed by atoms with E-state index in [2.05, 4.69) is 10.4 Å². The van der Waals surface area contributed by atoms with E-state index in [1.807, 2.05) is 5.38 Å². The maximum Gasteiger partial charge on any atom is 0.276 e. The van der Waals surface area contributed by atoms with E-state index in [4.69, 9.17) is 0 Å². The van der Waals surface area contributed by atoms with Gasteiger partial charge >= 0.3 is 0 Å². The zero-order chi connectivity index (χ0) is 15.7. The Kier molecular flexibility index (Phi) is 3.72. The summed E-state index contributed by atoms with van der Waals surface area (Å²) in [4.78, 5) is 12.1. The van der Waals surface area contributed by atoms with Crippen LogP contribution in [0.25, 0.3) is 5.69 Å². The van der Waals surface area contributed by atoms with E-state index in [9.17, 15) is 13.6 Å². The number of nitrogens with one attached hydrogen (secondary N) is 1. The molecule has 0 spiro atoms. The van der Waals surface area contributed by atoms with Gasteiger partial charge in [-0.05, 0) is 36.6 Å². The summed E-state index contributed by atoms with van der Waals surface area (Å²) < 4.78 is 28.1. The second-order valence-electron chi connectivity index (χ2n) is 4.64. The van der Waals surface area contributed by atoms with Gasteiger partial charge in [0.1, 0.15) is 11.5 Å². The van der Waals surface area contributed by atoms with Gasteiger partial charge in [0.25, 0.3) is 5.91 Å². The predicted octanol–water partition coefficient (Wildman–Crippen LogP) is 3.77. The number of aromatic nitrogens is 2. The Hall–Kier alpha value is -2.54. The first kappa shape index (κ1) is 14.4. The SMILES string of the molecule is Cc1cc(C(=O)Nc2ccsc2)nn1-c1ccc(F)cc1F. The molecule has 0 aliphatic heterocycles. The number of aryl methyl sites for hydroxylation is 1. The van der Waals surface area contributed by atoms with E-state index in [1.165, 1.54) is 22.1 Å². The summed E-state index contributed by atoms with van der Waals surface area (Å²) >= 11 is 1.46. The molecule has 0 radical (unpaired) electrons. The number of anilines is 1. The zero-order valence-electron chi connectivity index (χ0n) is 11.5. The topological polar surface area (TPSA) is 46.9 Å². The van der Waals surface area contributed by atoms with Crippen LogP contribution in [-0.4, -0.2) is 15.7 Å². The van der Waals surface area contributed by atoms with Crippen LogP contribution in [0.5, 0.6) is 0 Å². The molecule has 2 heterocycles. The van der Waals surface area contributed by atoms with Crippen molar-refractivity contribution in [3.05, 3.63) is 64.1 Å². The fourth-order valence-electron chi connectivity index (χ4n) is 2.01. The van der Waals surface area contributed by atoms with Crippen molar-refractivity contribution in [3.63, 3.8) is 0 Å². The highest BCUT2D eigenvalue weighted by Crippen LogP contribution is 2.18. The maximum atomic E-state index is 13.8. The number of nitrogens with zero attached hydrogens (tertiary/aromatic N) is 2. The Balaban J connectivity index is 1.92. The fourth-order valence-corrected chi connectivity index (χ4v) is 2.60. The predicted molar refractivity (Wildman–Crippen MR) is 80.5 cm³/mol. The number of amides is 1. The summed E-state index contributed by atoms with van der Waals surface area (Å²) in [6.45, 7) is 1.69. The summed E-state index contributed by atoms with van der Waals surface area (Å²) in [7, 11) is 0. The van der Waals surface area contributed by atoms with Crippen LogP contribution < -0.4 is 5.32 Å². The highest BCUT2D eigenvalue weighted by atomic mass is 32.1. The van der Waals surface area contributed by atoms with Gasteiger partial charge in [-0.2, -0.15) is 16.4 Å². The van der Waals surface area contributed by atoms with Gasteiger partial charge < -0.3 is 5.32 Å². The first-order valence-corrected chi connectivity index (χ1v) is 7.34. The van der Waals surface area contributed by atoms with Crippen LogP contribution in [0.1, 0.15) is 16.2 Å². The van der Waals surface area contributed by atoms with Gasteiger partial charge in [0.2, 0.25) is 0 Å². The molecule has 2 aromatic heterocycles. The molecular formula is C15H11F2N3OS. The third-order valence-corrected chi connectivity index (χ3v) is 3.72. The molecule has 0 fully saturated rings. The summed E-state index contributed by atoms with van der Waals surface area (Å²) in [6.07, 6.45) is 0. The van der Waals surface area contributed by atoms with E-state index >= 15 is 0 Å². The molecule has 0 bridgehead atoms. The molecular weight excluding hydrogens is 308 g/mol. The van der Waals surface area contributed by atoms with Crippen molar-refractivity contribution in [1.82, 2.24) is 9.78 Å². The van der Waals surface area contributed by atoms with E-state index in [0.717, 1.165) is 12.1 Å². The number of hydrogen-bond acceptors (Lipinski definition) is 3. The molecule has 7 heteroatoms. The van der Waals surface area contributed by atoms with Crippen molar-refractivity contribution in [2.45, 2.75) is 6.92 Å². The van der Waals surface area contributed by atoms with Gasteiger partial charge in [-0.3, -0.25) is 4.79 Å². The second kappa shape index (κ2) is 5.69. The van der Waals surface area contributed by atoms with Crippen LogP contribution in [-0.2, 0) is 0 Å². The first-order chi connectivity index (χ1) is 10.5. The lowest BCUT2D eigenvalue weighted by atomic mass is 10.3. The summed E-state index contributed by atoms with van der Waals surface area (Å²) in [5.41, 5.74) is 1.50. The van der Waals surface area contributed by atoms with Gasteiger partial charge in [0.15, 0.2) is 11.5 Å². The molecule has 4 nitrogen and oxygen atoms in total. The molecule has 0 aliphatic rings. The molecule has 0 saturated carbocycles. The minimum absolute atomic E-state index is 0.0912. The minimum Gasteiger partial charge on any atom is -0.320 e. The Morgan fingerprint density at radius 3 is 2.77 bits per heavy atom. The Morgan fingerprint density at radius 2 is 2.09 bits per heavy atom. The van der Waals surface area contributed by atoms with Crippen molar-refractivity contribution in [2.75, 3.05) is 5.32 Å². The molecule has 3 rings (SSSR count). The van der Waals surface area contributed by atoms with Crippen LogP contribution >= 0.6 is 11.3 Å². The second-order valence-corrected chi connectivity index (χ2v) is 5.42. The molecule has 0 atom stereocenters. The molecule has 1 aromatic carbocycles. The highest BCUT2D eigenvalue weighted by Gasteiger charge is 2.16. The van der Waals surface area contributed by atoms with Gasteiger partial charge in [-0.1, -0.05) is 0 Å². The molecule has 3 aromatic rings. The number of thiophene rings is 1. The number of hydrogen-bond donors (Lipinski definition) is 1. The number of rotatable bonds is 3. The van der Waals surface area contributed by atoms with Crippen molar-refractivity contribution in [2.24, 2.45) is 0 Å². The number of benzene rings is 1. The maximum absolute atomic E-state index is 13.8. The molecule has 1 N–H and O–H groups in total. The Bertz CT molecular complexity index is 827. The van der Waals surface area contributed by atoms with Gasteiger partial charge in [0, 0.05) is 17.1 Å². The zero-order valence-corrected chi connectivity index (χ0v) is 12.3. The average molecular weight is 319 g/mol. The highest BCUT2D eigenvalue weighted by molar-refractivity contribution is 7.08. The largest absolute Gasteiger partial charge is 0.320 e. The van der Waals surface area contributed by atoms with Crippen molar-refractivity contribution < 1.29 is 13.6 Å². The van der Waals surface area contributed by atoms with E-state index in [1.54, 1.807) is 24.4 Å². The van der Waals surface area contributed by atoms with Crippen molar-refractivity contribution in [3.8, 4) is 5.69 Å². The lowest BCUT2D eigenvalue weighted by Gasteiger charge is -2.05. The normalized spacial score (nSPS) is 10.7. The third-order valence-electron chi connectivity index (χ3n) is 3.04. The smallest absolute Gasteiger partial charge is 0.276 e. The van der Waals surface area contributed by atoms with Crippen LogP contribution in [0.3, 0.4) is 0 Å². The molecule has 0 aliphatic carbocycles. The fraction of sp³-hybridized carbons (Fsp3) is 0.0667. The molecule has 0 unspecified atom stereocenters. The van der Waals surface area contributed by atoms with E-state index in [-0.39, 0.29) is 17.3 Å². The van der Waals surface area contributed by atoms with E-state index < -0.39 is 11.6 Å². The van der Waals surface area contributed by atoms with Crippen molar-refractivity contribution >= 4 is 22.9 Å². The minimum atomic E-state index is -0.740. The lowest BCUT2D eigenvalue weighted by molar-refractivity contribution is 0.102. The quantitative estimate of drug-likeness (QED) is 0.799. The van der Waals surface area contributed by atoms with Crippen LogP contribution in [0.15, 0.2) is 41.1 Å². The molecule has 22 heavy (non-hydrogen) atoms. The van der Waals surface area contributed by atoms with Crippen molar-refractivity contribution in [1.29, 1.82) is 0 Å². The van der Waals surface area contributed by atoms with Crippen LogP contribution in [0, 0.1) is 18.6 Å².